The van der Waals surface area contributed by atoms with Gasteiger partial charge in [0.25, 0.3) is 15.3 Å². The van der Waals surface area contributed by atoms with Crippen LogP contribution in [0.15, 0.2) is 59.6 Å². The van der Waals surface area contributed by atoms with Crippen LogP contribution in [0.25, 0.3) is 10.9 Å². The Labute approximate surface area is 173 Å². The molecule has 30 heavy (non-hydrogen) atoms. The Morgan fingerprint density at radius 2 is 1.80 bits per heavy atom. The van der Waals surface area contributed by atoms with Gasteiger partial charge in [-0.25, -0.2) is 12.4 Å². The van der Waals surface area contributed by atoms with Crippen molar-refractivity contribution < 1.29 is 31.2 Å². The van der Waals surface area contributed by atoms with Crippen LogP contribution in [0.1, 0.15) is 11.1 Å². The van der Waals surface area contributed by atoms with Gasteiger partial charge in [0.2, 0.25) is 5.91 Å². The molecule has 4 rings (SSSR count). The van der Waals surface area contributed by atoms with Crippen molar-refractivity contribution in [1.29, 1.82) is 0 Å². The number of carbonyl (C=O) groups is 2. The maximum atomic E-state index is 13.0. The first-order valence-corrected chi connectivity index (χ1v) is 10.9. The number of fused-ring (bicyclic) bond motifs is 1. The molecular formula is C19H13F3N2O4S2. The molecule has 1 aromatic heterocycles. The number of halogens is 3. The lowest BCUT2D eigenvalue weighted by molar-refractivity contribution is -0.137. The van der Waals surface area contributed by atoms with E-state index < -0.39 is 43.1 Å². The second-order valence-corrected chi connectivity index (χ2v) is 9.57. The Balaban J connectivity index is 1.75. The van der Waals surface area contributed by atoms with E-state index in [9.17, 15) is 31.2 Å². The lowest BCUT2D eigenvalue weighted by Crippen LogP contribution is -2.25. The average Bonchev–Trinajstić information content (AvgIpc) is 3.25. The van der Waals surface area contributed by atoms with E-state index in [0.29, 0.717) is 17.0 Å². The number of rotatable bonds is 4. The van der Waals surface area contributed by atoms with Gasteiger partial charge in [-0.05, 0) is 42.3 Å². The van der Waals surface area contributed by atoms with Crippen LogP contribution in [-0.2, 0) is 27.4 Å². The average molecular weight is 454 g/mol. The highest BCUT2D eigenvalue weighted by atomic mass is 32.2. The zero-order valence-electron chi connectivity index (χ0n) is 15.0. The third kappa shape index (κ3) is 3.58. The minimum absolute atomic E-state index is 0.202. The summed E-state index contributed by atoms with van der Waals surface area (Å²) in [6.07, 6.45) is -3.21. The van der Waals surface area contributed by atoms with Gasteiger partial charge in [0.15, 0.2) is 0 Å². The van der Waals surface area contributed by atoms with E-state index in [1.54, 1.807) is 12.1 Å². The van der Waals surface area contributed by atoms with Crippen molar-refractivity contribution in [1.82, 2.24) is 9.29 Å². The molecule has 1 fully saturated rings. The number of thioether (sulfide) groups is 1. The summed E-state index contributed by atoms with van der Waals surface area (Å²) in [7, 11) is -4.29. The van der Waals surface area contributed by atoms with Gasteiger partial charge in [-0.15, -0.1) is 0 Å². The van der Waals surface area contributed by atoms with Crippen molar-refractivity contribution in [2.45, 2.75) is 22.7 Å². The quantitative estimate of drug-likeness (QED) is 0.648. The fourth-order valence-corrected chi connectivity index (χ4v) is 5.51. The molecule has 2 aromatic carbocycles. The first kappa shape index (κ1) is 20.5. The summed E-state index contributed by atoms with van der Waals surface area (Å²) in [6.45, 7) is 0. The highest BCUT2D eigenvalue weighted by molar-refractivity contribution is 8.15. The van der Waals surface area contributed by atoms with E-state index in [2.05, 4.69) is 5.32 Å². The van der Waals surface area contributed by atoms with Crippen LogP contribution in [0.4, 0.5) is 18.0 Å². The number of carbonyl (C=O) groups excluding carboxylic acids is 2. The Morgan fingerprint density at radius 3 is 2.47 bits per heavy atom. The molecule has 0 bridgehead atoms. The molecule has 0 radical (unpaired) electrons. The molecule has 1 N–H and O–H groups in total. The molecule has 2 amide bonds. The summed E-state index contributed by atoms with van der Waals surface area (Å²) in [6, 6.07) is 9.89. The standard InChI is InChI=1S/C19H13F3N2O4S2/c20-19(21,22)12-4-2-5-13(10-12)30(27,28)24-8-7-14-11(3-1-6-15(14)24)9-16-17(25)23-18(26)29-16/h1-8,10,16H,9H2,(H,23,25,26). The van der Waals surface area contributed by atoms with Crippen LogP contribution >= 0.6 is 11.8 Å². The number of nitrogens with one attached hydrogen (secondary N) is 1. The molecule has 0 spiro atoms. The SMILES string of the molecule is O=C1NC(=O)C(Cc2cccc3c2ccn3S(=O)(=O)c2cccc(C(F)(F)F)c2)S1. The van der Waals surface area contributed by atoms with E-state index in [1.165, 1.54) is 18.3 Å². The number of amides is 2. The van der Waals surface area contributed by atoms with Crippen LogP contribution in [0.2, 0.25) is 0 Å². The third-order valence-corrected chi connectivity index (χ3v) is 7.35. The molecule has 1 saturated heterocycles. The number of aromatic nitrogens is 1. The van der Waals surface area contributed by atoms with Crippen molar-refractivity contribution >= 4 is 43.8 Å². The summed E-state index contributed by atoms with van der Waals surface area (Å²) in [5.74, 6) is -0.418. The monoisotopic (exact) mass is 454 g/mol. The first-order chi connectivity index (χ1) is 14.1. The molecular weight excluding hydrogens is 441 g/mol. The fourth-order valence-electron chi connectivity index (χ4n) is 3.27. The van der Waals surface area contributed by atoms with Crippen molar-refractivity contribution in [2.24, 2.45) is 0 Å². The minimum atomic E-state index is -4.67. The molecule has 0 aliphatic carbocycles. The number of hydrogen-bond acceptors (Lipinski definition) is 5. The predicted octanol–water partition coefficient (Wildman–Crippen LogP) is 3.79. The number of imide groups is 1. The topological polar surface area (TPSA) is 85.2 Å². The normalized spacial score (nSPS) is 17.5. The van der Waals surface area contributed by atoms with Crippen molar-refractivity contribution in [3.63, 3.8) is 0 Å². The molecule has 1 atom stereocenters. The van der Waals surface area contributed by atoms with Gasteiger partial charge in [0.05, 0.1) is 21.2 Å². The van der Waals surface area contributed by atoms with Gasteiger partial charge < -0.3 is 0 Å². The Kier molecular flexibility index (Phi) is 4.89. The second kappa shape index (κ2) is 7.17. The highest BCUT2D eigenvalue weighted by Crippen LogP contribution is 2.32. The first-order valence-electron chi connectivity index (χ1n) is 8.60. The number of hydrogen-bond donors (Lipinski definition) is 1. The fraction of sp³-hybridized carbons (Fsp3) is 0.158. The van der Waals surface area contributed by atoms with Crippen LogP contribution < -0.4 is 5.32 Å². The van der Waals surface area contributed by atoms with Crippen molar-refractivity contribution in [3.05, 3.63) is 65.9 Å². The van der Waals surface area contributed by atoms with Gasteiger partial charge in [0.1, 0.15) is 0 Å². The van der Waals surface area contributed by atoms with Gasteiger partial charge in [-0.1, -0.05) is 30.0 Å². The largest absolute Gasteiger partial charge is 0.416 e. The van der Waals surface area contributed by atoms with Gasteiger partial charge in [-0.3, -0.25) is 14.9 Å². The highest BCUT2D eigenvalue weighted by Gasteiger charge is 2.33. The minimum Gasteiger partial charge on any atom is -0.286 e. The maximum Gasteiger partial charge on any atom is 0.416 e. The zero-order chi connectivity index (χ0) is 21.7. The number of benzene rings is 2. The Hall–Kier alpha value is -2.79. The molecule has 6 nitrogen and oxygen atoms in total. The van der Waals surface area contributed by atoms with Gasteiger partial charge in [0, 0.05) is 11.6 Å². The molecule has 156 valence electrons. The summed E-state index contributed by atoms with van der Waals surface area (Å²) in [4.78, 5) is 22.7. The van der Waals surface area contributed by atoms with Crippen molar-refractivity contribution in [3.8, 4) is 0 Å². The Bertz CT molecular complexity index is 1280. The van der Waals surface area contributed by atoms with Gasteiger partial charge >= 0.3 is 6.18 Å². The van der Waals surface area contributed by atoms with E-state index in [0.717, 1.165) is 33.9 Å². The van der Waals surface area contributed by atoms with Crippen LogP contribution in [0.3, 0.4) is 0 Å². The Morgan fingerprint density at radius 1 is 1.07 bits per heavy atom. The number of nitrogens with zero attached hydrogens (tertiary/aromatic N) is 1. The summed E-state index contributed by atoms with van der Waals surface area (Å²) < 4.78 is 65.9. The summed E-state index contributed by atoms with van der Waals surface area (Å²) in [5.41, 5.74) is -0.151. The summed E-state index contributed by atoms with van der Waals surface area (Å²) in [5, 5.41) is 1.65. The zero-order valence-corrected chi connectivity index (χ0v) is 16.6. The summed E-state index contributed by atoms with van der Waals surface area (Å²) >= 11 is 0.859. The molecule has 1 aliphatic rings. The van der Waals surface area contributed by atoms with E-state index in [-0.39, 0.29) is 11.9 Å². The van der Waals surface area contributed by atoms with Crippen molar-refractivity contribution in [2.75, 3.05) is 0 Å². The second-order valence-electron chi connectivity index (χ2n) is 6.58. The molecule has 1 aliphatic heterocycles. The third-order valence-electron chi connectivity index (χ3n) is 4.68. The smallest absolute Gasteiger partial charge is 0.286 e. The molecule has 11 heteroatoms. The van der Waals surface area contributed by atoms with E-state index in [4.69, 9.17) is 0 Å². The molecule has 0 saturated carbocycles. The lowest BCUT2D eigenvalue weighted by Gasteiger charge is -2.12. The van der Waals surface area contributed by atoms with Crippen LogP contribution in [0.5, 0.6) is 0 Å². The van der Waals surface area contributed by atoms with Crippen LogP contribution in [-0.4, -0.2) is 28.8 Å². The molecule has 3 aromatic rings. The van der Waals surface area contributed by atoms with E-state index >= 15 is 0 Å². The molecule has 1 unspecified atom stereocenters. The molecule has 2 heterocycles. The van der Waals surface area contributed by atoms with Crippen LogP contribution in [0, 0.1) is 0 Å². The lowest BCUT2D eigenvalue weighted by atomic mass is 10.0. The number of alkyl halides is 3. The van der Waals surface area contributed by atoms with E-state index in [1.807, 2.05) is 0 Å². The van der Waals surface area contributed by atoms with Gasteiger partial charge in [-0.2, -0.15) is 13.2 Å². The predicted molar refractivity (Wildman–Crippen MR) is 105 cm³/mol. The maximum absolute atomic E-state index is 13.0.